The summed E-state index contributed by atoms with van der Waals surface area (Å²) < 4.78 is 5.47. The van der Waals surface area contributed by atoms with E-state index in [0.29, 0.717) is 19.1 Å². The predicted molar refractivity (Wildman–Crippen MR) is 65.4 cm³/mol. The highest BCUT2D eigenvalue weighted by Crippen LogP contribution is 2.07. The molecule has 3 N–H and O–H groups in total. The first-order valence-electron chi connectivity index (χ1n) is 5.92. The fourth-order valence-corrected chi connectivity index (χ4v) is 1.20. The minimum absolute atomic E-state index is 0.0317. The van der Waals surface area contributed by atoms with Gasteiger partial charge in [0.05, 0.1) is 24.9 Å². The average molecular weight is 233 g/mol. The molecule has 4 nitrogen and oxygen atoms in total. The van der Waals surface area contributed by atoms with Gasteiger partial charge in [0.25, 0.3) is 0 Å². The van der Waals surface area contributed by atoms with E-state index in [-0.39, 0.29) is 18.2 Å². The Balaban J connectivity index is 3.75. The monoisotopic (exact) mass is 233 g/mol. The van der Waals surface area contributed by atoms with Crippen LogP contribution in [-0.2, 0) is 4.74 Å². The molecule has 0 aromatic rings. The fourth-order valence-electron chi connectivity index (χ4n) is 1.20. The van der Waals surface area contributed by atoms with E-state index in [0.717, 1.165) is 0 Å². The first kappa shape index (κ1) is 15.8. The number of aliphatic hydroxyl groups excluding tert-OH is 2. The van der Waals surface area contributed by atoms with Crippen molar-refractivity contribution in [1.82, 2.24) is 5.32 Å². The lowest BCUT2D eigenvalue weighted by molar-refractivity contribution is -0.0489. The number of hydrogen-bond donors (Lipinski definition) is 3. The van der Waals surface area contributed by atoms with Crippen molar-refractivity contribution in [3.05, 3.63) is 0 Å². The number of ether oxygens (including phenoxy) is 1. The quantitative estimate of drug-likeness (QED) is 0.608. The summed E-state index contributed by atoms with van der Waals surface area (Å²) >= 11 is 0. The van der Waals surface area contributed by atoms with Crippen molar-refractivity contribution in [3.8, 4) is 0 Å². The second kappa shape index (κ2) is 7.22. The minimum atomic E-state index is -0.535. The summed E-state index contributed by atoms with van der Waals surface area (Å²) in [6.45, 7) is 10.8. The number of hydrogen-bond acceptors (Lipinski definition) is 4. The van der Waals surface area contributed by atoms with E-state index in [1.165, 1.54) is 0 Å². The molecule has 0 aromatic heterocycles. The third kappa shape index (κ3) is 8.05. The van der Waals surface area contributed by atoms with Crippen molar-refractivity contribution in [2.75, 3.05) is 19.8 Å². The Hall–Kier alpha value is -0.160. The van der Waals surface area contributed by atoms with Gasteiger partial charge in [-0.15, -0.1) is 0 Å². The topological polar surface area (TPSA) is 61.7 Å². The predicted octanol–water partition coefficient (Wildman–Crippen LogP) is 0.769. The van der Waals surface area contributed by atoms with Crippen LogP contribution in [0, 0.1) is 5.92 Å². The SMILES string of the molecule is CC(C)C(CO)NCC(O)COC(C)(C)C. The molecule has 4 heteroatoms. The van der Waals surface area contributed by atoms with Crippen molar-refractivity contribution in [1.29, 1.82) is 0 Å². The largest absolute Gasteiger partial charge is 0.395 e. The fraction of sp³-hybridized carbons (Fsp3) is 1.00. The molecule has 0 saturated heterocycles. The third-order valence-corrected chi connectivity index (χ3v) is 2.33. The van der Waals surface area contributed by atoms with Crippen LogP contribution in [0.5, 0.6) is 0 Å². The molecule has 16 heavy (non-hydrogen) atoms. The van der Waals surface area contributed by atoms with Gasteiger partial charge < -0.3 is 20.3 Å². The van der Waals surface area contributed by atoms with Gasteiger partial charge in [0.15, 0.2) is 0 Å². The van der Waals surface area contributed by atoms with Gasteiger partial charge in [-0.3, -0.25) is 0 Å². The van der Waals surface area contributed by atoms with Crippen LogP contribution in [0.4, 0.5) is 0 Å². The zero-order valence-corrected chi connectivity index (χ0v) is 11.2. The Bertz CT molecular complexity index is 178. The van der Waals surface area contributed by atoms with Crippen molar-refractivity contribution < 1.29 is 14.9 Å². The minimum Gasteiger partial charge on any atom is -0.395 e. The maximum atomic E-state index is 9.67. The summed E-state index contributed by atoms with van der Waals surface area (Å²) in [5, 5.41) is 21.9. The first-order valence-corrected chi connectivity index (χ1v) is 5.92. The molecule has 0 aliphatic rings. The molecule has 2 atom stereocenters. The summed E-state index contributed by atoms with van der Waals surface area (Å²) in [6.07, 6.45) is -0.535. The van der Waals surface area contributed by atoms with Gasteiger partial charge in [-0.1, -0.05) is 13.8 Å². The molecule has 0 aromatic carbocycles. The first-order chi connectivity index (χ1) is 7.26. The summed E-state index contributed by atoms with van der Waals surface area (Å²) in [7, 11) is 0. The van der Waals surface area contributed by atoms with Crippen molar-refractivity contribution >= 4 is 0 Å². The van der Waals surface area contributed by atoms with Gasteiger partial charge in [-0.05, 0) is 26.7 Å². The van der Waals surface area contributed by atoms with E-state index in [2.05, 4.69) is 5.32 Å². The van der Waals surface area contributed by atoms with E-state index < -0.39 is 6.10 Å². The molecule has 0 saturated carbocycles. The summed E-state index contributed by atoms with van der Waals surface area (Å²) in [4.78, 5) is 0. The molecular weight excluding hydrogens is 206 g/mol. The molecule has 0 aliphatic carbocycles. The number of rotatable bonds is 7. The van der Waals surface area contributed by atoms with Crippen LogP contribution >= 0.6 is 0 Å². The lowest BCUT2D eigenvalue weighted by Gasteiger charge is -2.24. The molecular formula is C12H27NO3. The molecule has 2 unspecified atom stereocenters. The second-order valence-electron chi connectivity index (χ2n) is 5.52. The van der Waals surface area contributed by atoms with E-state index in [4.69, 9.17) is 9.84 Å². The highest BCUT2D eigenvalue weighted by Gasteiger charge is 2.16. The van der Waals surface area contributed by atoms with Crippen LogP contribution in [0.1, 0.15) is 34.6 Å². The zero-order valence-electron chi connectivity index (χ0n) is 11.2. The van der Waals surface area contributed by atoms with Gasteiger partial charge >= 0.3 is 0 Å². The lowest BCUT2D eigenvalue weighted by Crippen LogP contribution is -2.43. The van der Waals surface area contributed by atoms with Gasteiger partial charge in [0, 0.05) is 12.6 Å². The van der Waals surface area contributed by atoms with Crippen LogP contribution in [0.3, 0.4) is 0 Å². The van der Waals surface area contributed by atoms with Crippen molar-refractivity contribution in [2.24, 2.45) is 5.92 Å². The molecule has 0 heterocycles. The average Bonchev–Trinajstić information content (AvgIpc) is 2.14. The zero-order chi connectivity index (χ0) is 12.8. The highest BCUT2D eigenvalue weighted by molar-refractivity contribution is 4.72. The Kier molecular flexibility index (Phi) is 7.15. The molecule has 0 amide bonds. The van der Waals surface area contributed by atoms with Crippen molar-refractivity contribution in [3.63, 3.8) is 0 Å². The summed E-state index contributed by atoms with van der Waals surface area (Å²) in [6, 6.07) is 0.0317. The third-order valence-electron chi connectivity index (χ3n) is 2.33. The smallest absolute Gasteiger partial charge is 0.0898 e. The normalized spacial score (nSPS) is 16.5. The van der Waals surface area contributed by atoms with E-state index in [1.54, 1.807) is 0 Å². The van der Waals surface area contributed by atoms with Crippen LogP contribution in [0.2, 0.25) is 0 Å². The number of nitrogens with one attached hydrogen (secondary N) is 1. The molecule has 0 fully saturated rings. The molecule has 0 spiro atoms. The second-order valence-corrected chi connectivity index (χ2v) is 5.52. The van der Waals surface area contributed by atoms with Crippen LogP contribution < -0.4 is 5.32 Å². The van der Waals surface area contributed by atoms with E-state index >= 15 is 0 Å². The van der Waals surface area contributed by atoms with Crippen molar-refractivity contribution in [2.45, 2.75) is 52.4 Å². The molecule has 98 valence electrons. The standard InChI is InChI=1S/C12H27NO3/c1-9(2)11(7-14)13-6-10(15)8-16-12(3,4)5/h9-11,13-15H,6-8H2,1-5H3. The summed E-state index contributed by atoms with van der Waals surface area (Å²) in [5.41, 5.74) is -0.227. The molecule has 0 bridgehead atoms. The Morgan fingerprint density at radius 2 is 1.81 bits per heavy atom. The molecule has 0 rings (SSSR count). The Labute approximate surface area is 99.0 Å². The van der Waals surface area contributed by atoms with Gasteiger partial charge in [-0.25, -0.2) is 0 Å². The van der Waals surface area contributed by atoms with Gasteiger partial charge in [0.1, 0.15) is 0 Å². The van der Waals surface area contributed by atoms with Gasteiger partial charge in [-0.2, -0.15) is 0 Å². The maximum absolute atomic E-state index is 9.67. The van der Waals surface area contributed by atoms with Crippen LogP contribution in [0.15, 0.2) is 0 Å². The number of aliphatic hydroxyl groups is 2. The lowest BCUT2D eigenvalue weighted by atomic mass is 10.1. The van der Waals surface area contributed by atoms with E-state index in [1.807, 2.05) is 34.6 Å². The molecule has 0 radical (unpaired) electrons. The van der Waals surface area contributed by atoms with Gasteiger partial charge in [0.2, 0.25) is 0 Å². The van der Waals surface area contributed by atoms with E-state index in [9.17, 15) is 5.11 Å². The van der Waals surface area contributed by atoms with Crippen LogP contribution in [0.25, 0.3) is 0 Å². The van der Waals surface area contributed by atoms with Crippen LogP contribution in [-0.4, -0.2) is 47.7 Å². The Morgan fingerprint density at radius 1 is 1.25 bits per heavy atom. The maximum Gasteiger partial charge on any atom is 0.0898 e. The summed E-state index contributed by atoms with van der Waals surface area (Å²) in [5.74, 6) is 0.348. The highest BCUT2D eigenvalue weighted by atomic mass is 16.5. The Morgan fingerprint density at radius 3 is 2.19 bits per heavy atom. The molecule has 0 aliphatic heterocycles.